The van der Waals surface area contributed by atoms with Gasteiger partial charge in [0.2, 0.25) is 0 Å². The normalized spacial score (nSPS) is 17.9. The summed E-state index contributed by atoms with van der Waals surface area (Å²) < 4.78 is 28.5. The summed E-state index contributed by atoms with van der Waals surface area (Å²) in [6, 6.07) is 6.99. The first-order chi connectivity index (χ1) is 11.2. The predicted molar refractivity (Wildman–Crippen MR) is 93.3 cm³/mol. The first-order valence-electron chi connectivity index (χ1n) is 8.02. The number of benzene rings is 1. The first kappa shape index (κ1) is 18.7. The maximum absolute atomic E-state index is 12.4. The van der Waals surface area contributed by atoms with Crippen LogP contribution in [0, 0.1) is 12.8 Å². The smallest absolute Gasteiger partial charge is 0.322 e. The Kier molecular flexibility index (Phi) is 5.84. The molecule has 1 atom stereocenters. The van der Waals surface area contributed by atoms with Gasteiger partial charge in [-0.3, -0.25) is 4.79 Å². The Morgan fingerprint density at radius 1 is 1.12 bits per heavy atom. The highest BCUT2D eigenvalue weighted by molar-refractivity contribution is 7.87. The molecule has 134 valence electrons. The summed E-state index contributed by atoms with van der Waals surface area (Å²) >= 11 is 0. The fourth-order valence-electron chi connectivity index (χ4n) is 2.65. The summed E-state index contributed by atoms with van der Waals surface area (Å²) in [5.74, 6) is -1.49. The number of carbonyl (C=O) groups is 1. The van der Waals surface area contributed by atoms with Crippen molar-refractivity contribution >= 4 is 21.9 Å². The van der Waals surface area contributed by atoms with E-state index in [1.807, 2.05) is 31.2 Å². The third kappa shape index (κ3) is 4.46. The van der Waals surface area contributed by atoms with Gasteiger partial charge in [0, 0.05) is 31.9 Å². The Bertz CT molecular complexity index is 665. The largest absolute Gasteiger partial charge is 0.480 e. The summed E-state index contributed by atoms with van der Waals surface area (Å²) in [5, 5.41) is 9.16. The lowest BCUT2D eigenvalue weighted by Gasteiger charge is -2.36. The van der Waals surface area contributed by atoms with E-state index in [1.54, 1.807) is 13.8 Å². The van der Waals surface area contributed by atoms with Crippen molar-refractivity contribution < 1.29 is 18.3 Å². The summed E-state index contributed by atoms with van der Waals surface area (Å²) in [5.41, 5.74) is 2.24. The summed E-state index contributed by atoms with van der Waals surface area (Å²) in [6.07, 6.45) is 0. The van der Waals surface area contributed by atoms with Crippen molar-refractivity contribution in [1.82, 2.24) is 9.03 Å². The number of nitrogens with one attached hydrogen (secondary N) is 1. The van der Waals surface area contributed by atoms with E-state index < -0.39 is 22.2 Å². The van der Waals surface area contributed by atoms with E-state index in [0.29, 0.717) is 26.2 Å². The molecule has 2 N–H and O–H groups in total. The lowest BCUT2D eigenvalue weighted by Crippen LogP contribution is -2.55. The van der Waals surface area contributed by atoms with Gasteiger partial charge in [0.25, 0.3) is 10.2 Å². The van der Waals surface area contributed by atoms with Crippen LogP contribution in [0.15, 0.2) is 24.3 Å². The molecular formula is C16H25N3O4S. The second kappa shape index (κ2) is 7.50. The number of hydrogen-bond acceptors (Lipinski definition) is 4. The molecule has 0 aliphatic carbocycles. The molecule has 1 saturated heterocycles. The standard InChI is InChI=1S/C16H25N3O4S/c1-12(2)15(16(20)21)17-24(22,23)19-10-8-18(9-11-19)14-6-4-13(3)5-7-14/h4-7,12,15,17H,8-11H2,1-3H3,(H,20,21)/t15-/m1/s1. The number of hydrogen-bond donors (Lipinski definition) is 2. The zero-order valence-electron chi connectivity index (χ0n) is 14.3. The molecule has 8 heteroatoms. The minimum atomic E-state index is -3.81. The first-order valence-corrected chi connectivity index (χ1v) is 9.46. The molecule has 1 aromatic carbocycles. The number of aryl methyl sites for hydroxylation is 1. The molecule has 1 aromatic rings. The molecule has 0 aromatic heterocycles. The lowest BCUT2D eigenvalue weighted by molar-refractivity contribution is -0.140. The molecule has 2 rings (SSSR count). The fraction of sp³-hybridized carbons (Fsp3) is 0.562. The quantitative estimate of drug-likeness (QED) is 0.796. The van der Waals surface area contributed by atoms with Gasteiger partial charge in [-0.15, -0.1) is 0 Å². The van der Waals surface area contributed by atoms with Crippen LogP contribution in [-0.4, -0.2) is 56.0 Å². The number of carboxylic acid groups (broad SMARTS) is 1. The number of aliphatic carboxylic acids is 1. The average Bonchev–Trinajstić information content (AvgIpc) is 2.53. The molecule has 0 radical (unpaired) electrons. The van der Waals surface area contributed by atoms with Crippen LogP contribution in [0.25, 0.3) is 0 Å². The third-order valence-corrected chi connectivity index (χ3v) is 5.78. The van der Waals surface area contributed by atoms with Crippen LogP contribution >= 0.6 is 0 Å². The molecule has 1 aliphatic rings. The van der Waals surface area contributed by atoms with Crippen molar-refractivity contribution in [2.45, 2.75) is 26.8 Å². The molecule has 1 aliphatic heterocycles. The van der Waals surface area contributed by atoms with E-state index in [0.717, 1.165) is 5.69 Å². The molecule has 0 unspecified atom stereocenters. The number of rotatable bonds is 6. The van der Waals surface area contributed by atoms with E-state index in [9.17, 15) is 13.2 Å². The van der Waals surface area contributed by atoms with Gasteiger partial charge in [0.05, 0.1) is 0 Å². The molecule has 0 bridgehead atoms. The number of nitrogens with zero attached hydrogens (tertiary/aromatic N) is 2. The topological polar surface area (TPSA) is 90.0 Å². The van der Waals surface area contributed by atoms with Crippen LogP contribution in [0.2, 0.25) is 0 Å². The monoisotopic (exact) mass is 355 g/mol. The zero-order valence-corrected chi connectivity index (χ0v) is 15.1. The van der Waals surface area contributed by atoms with E-state index in [4.69, 9.17) is 5.11 Å². The van der Waals surface area contributed by atoms with E-state index in [-0.39, 0.29) is 5.92 Å². The highest BCUT2D eigenvalue weighted by atomic mass is 32.2. The van der Waals surface area contributed by atoms with E-state index in [1.165, 1.54) is 9.87 Å². The summed E-state index contributed by atoms with van der Waals surface area (Å²) in [6.45, 7) is 7.18. The van der Waals surface area contributed by atoms with Gasteiger partial charge < -0.3 is 10.0 Å². The zero-order chi connectivity index (χ0) is 17.9. The molecular weight excluding hydrogens is 330 g/mol. The minimum absolute atomic E-state index is 0.327. The van der Waals surface area contributed by atoms with Gasteiger partial charge in [0.15, 0.2) is 0 Å². The van der Waals surface area contributed by atoms with Crippen molar-refractivity contribution in [2.24, 2.45) is 5.92 Å². The SMILES string of the molecule is Cc1ccc(N2CCN(S(=O)(=O)N[C@@H](C(=O)O)C(C)C)CC2)cc1. The lowest BCUT2D eigenvalue weighted by atomic mass is 10.1. The fourth-order valence-corrected chi connectivity index (χ4v) is 4.14. The van der Waals surface area contributed by atoms with Crippen molar-refractivity contribution in [3.8, 4) is 0 Å². The molecule has 24 heavy (non-hydrogen) atoms. The maximum Gasteiger partial charge on any atom is 0.322 e. The van der Waals surface area contributed by atoms with Crippen LogP contribution in [0.1, 0.15) is 19.4 Å². The molecule has 1 fully saturated rings. The molecule has 0 amide bonds. The number of anilines is 1. The van der Waals surface area contributed by atoms with Crippen molar-refractivity contribution in [3.05, 3.63) is 29.8 Å². The summed E-state index contributed by atoms with van der Waals surface area (Å²) in [7, 11) is -3.81. The molecule has 0 spiro atoms. The number of piperazine rings is 1. The van der Waals surface area contributed by atoms with Gasteiger partial charge in [-0.2, -0.15) is 17.4 Å². The average molecular weight is 355 g/mol. The van der Waals surface area contributed by atoms with Crippen LogP contribution in [0.5, 0.6) is 0 Å². The molecule has 1 heterocycles. The van der Waals surface area contributed by atoms with E-state index >= 15 is 0 Å². The Labute approximate surface area is 143 Å². The van der Waals surface area contributed by atoms with Gasteiger partial charge >= 0.3 is 5.97 Å². The third-order valence-electron chi connectivity index (χ3n) is 4.19. The highest BCUT2D eigenvalue weighted by Crippen LogP contribution is 2.18. The van der Waals surface area contributed by atoms with Crippen molar-refractivity contribution in [2.75, 3.05) is 31.1 Å². The van der Waals surface area contributed by atoms with Gasteiger partial charge in [-0.05, 0) is 25.0 Å². The van der Waals surface area contributed by atoms with Crippen LogP contribution < -0.4 is 9.62 Å². The van der Waals surface area contributed by atoms with Crippen LogP contribution in [0.3, 0.4) is 0 Å². The second-order valence-corrected chi connectivity index (χ2v) is 8.11. The minimum Gasteiger partial charge on any atom is -0.480 e. The molecule has 0 saturated carbocycles. The Morgan fingerprint density at radius 2 is 1.67 bits per heavy atom. The maximum atomic E-state index is 12.4. The Hall–Kier alpha value is -1.64. The second-order valence-electron chi connectivity index (χ2n) is 6.40. The predicted octanol–water partition coefficient (Wildman–Crippen LogP) is 1.06. The van der Waals surface area contributed by atoms with Gasteiger partial charge in [-0.1, -0.05) is 31.5 Å². The van der Waals surface area contributed by atoms with Gasteiger partial charge in [-0.25, -0.2) is 0 Å². The van der Waals surface area contributed by atoms with Crippen LogP contribution in [-0.2, 0) is 15.0 Å². The highest BCUT2D eigenvalue weighted by Gasteiger charge is 2.32. The summed E-state index contributed by atoms with van der Waals surface area (Å²) in [4.78, 5) is 13.3. The Morgan fingerprint density at radius 3 is 2.12 bits per heavy atom. The van der Waals surface area contributed by atoms with Crippen molar-refractivity contribution in [3.63, 3.8) is 0 Å². The van der Waals surface area contributed by atoms with Crippen molar-refractivity contribution in [1.29, 1.82) is 0 Å². The Balaban J connectivity index is 2.00. The van der Waals surface area contributed by atoms with Gasteiger partial charge in [0.1, 0.15) is 6.04 Å². The molecule has 7 nitrogen and oxygen atoms in total. The number of carboxylic acids is 1. The van der Waals surface area contributed by atoms with E-state index in [2.05, 4.69) is 9.62 Å². The van der Waals surface area contributed by atoms with Crippen LogP contribution in [0.4, 0.5) is 5.69 Å².